The summed E-state index contributed by atoms with van der Waals surface area (Å²) < 4.78 is 26.7. The van der Waals surface area contributed by atoms with E-state index in [4.69, 9.17) is 5.73 Å². The van der Waals surface area contributed by atoms with Gasteiger partial charge in [0.15, 0.2) is 0 Å². The first-order valence-corrected chi connectivity index (χ1v) is 7.84. The molecule has 19 heavy (non-hydrogen) atoms. The van der Waals surface area contributed by atoms with Crippen molar-refractivity contribution < 1.29 is 13.5 Å². The SMILES string of the molecule is Cc1cc(N)c(S(=O)(=O)NCC(O)C2CC2)cc1C. The molecule has 1 aliphatic carbocycles. The summed E-state index contributed by atoms with van der Waals surface area (Å²) in [6.45, 7) is 3.76. The number of sulfonamides is 1. The predicted molar refractivity (Wildman–Crippen MR) is 74.2 cm³/mol. The van der Waals surface area contributed by atoms with Gasteiger partial charge in [0.1, 0.15) is 4.90 Å². The normalized spacial score (nSPS) is 17.4. The standard InChI is InChI=1S/C13H20N2O3S/c1-8-5-11(14)13(6-9(8)2)19(17,18)15-7-12(16)10-3-4-10/h5-6,10,12,15-16H,3-4,7,14H2,1-2H3. The minimum atomic E-state index is -3.67. The number of nitrogens with one attached hydrogen (secondary N) is 1. The maximum Gasteiger partial charge on any atom is 0.242 e. The fraction of sp³-hybridized carbons (Fsp3) is 0.538. The number of rotatable bonds is 5. The minimum absolute atomic E-state index is 0.0410. The van der Waals surface area contributed by atoms with E-state index in [9.17, 15) is 13.5 Å². The summed E-state index contributed by atoms with van der Waals surface area (Å²) in [6.07, 6.45) is 1.33. The Kier molecular flexibility index (Phi) is 3.85. The second-order valence-electron chi connectivity index (χ2n) is 5.23. The third kappa shape index (κ3) is 3.26. The number of aliphatic hydroxyl groups is 1. The molecule has 0 spiro atoms. The van der Waals surface area contributed by atoms with Gasteiger partial charge in [-0.05, 0) is 55.9 Å². The lowest BCUT2D eigenvalue weighted by Crippen LogP contribution is -2.33. The molecular formula is C13H20N2O3S. The molecule has 6 heteroatoms. The molecule has 0 aromatic heterocycles. The molecule has 1 aliphatic rings. The van der Waals surface area contributed by atoms with E-state index >= 15 is 0 Å². The molecule has 1 fully saturated rings. The van der Waals surface area contributed by atoms with Crippen molar-refractivity contribution in [2.45, 2.75) is 37.7 Å². The van der Waals surface area contributed by atoms with Gasteiger partial charge in [0.25, 0.3) is 0 Å². The number of nitrogen functional groups attached to an aromatic ring is 1. The van der Waals surface area contributed by atoms with E-state index < -0.39 is 16.1 Å². The van der Waals surface area contributed by atoms with Crippen LogP contribution in [-0.2, 0) is 10.0 Å². The average molecular weight is 284 g/mol. The number of nitrogens with two attached hydrogens (primary N) is 1. The van der Waals surface area contributed by atoms with Crippen LogP contribution >= 0.6 is 0 Å². The number of hydrogen-bond donors (Lipinski definition) is 3. The highest BCUT2D eigenvalue weighted by molar-refractivity contribution is 7.89. The van der Waals surface area contributed by atoms with Crippen molar-refractivity contribution in [3.05, 3.63) is 23.3 Å². The van der Waals surface area contributed by atoms with Gasteiger partial charge in [-0.15, -0.1) is 0 Å². The van der Waals surface area contributed by atoms with Crippen molar-refractivity contribution >= 4 is 15.7 Å². The van der Waals surface area contributed by atoms with Gasteiger partial charge in [-0.25, -0.2) is 13.1 Å². The highest BCUT2D eigenvalue weighted by Crippen LogP contribution is 2.32. The van der Waals surface area contributed by atoms with E-state index in [-0.39, 0.29) is 23.0 Å². The summed E-state index contributed by atoms with van der Waals surface area (Å²) in [5.74, 6) is 0.236. The van der Waals surface area contributed by atoms with E-state index in [0.717, 1.165) is 24.0 Å². The Morgan fingerprint density at radius 1 is 1.37 bits per heavy atom. The molecule has 1 atom stereocenters. The van der Waals surface area contributed by atoms with Crippen LogP contribution in [0.5, 0.6) is 0 Å². The van der Waals surface area contributed by atoms with E-state index in [1.54, 1.807) is 12.1 Å². The molecule has 1 saturated carbocycles. The van der Waals surface area contributed by atoms with Crippen molar-refractivity contribution in [2.24, 2.45) is 5.92 Å². The largest absolute Gasteiger partial charge is 0.398 e. The van der Waals surface area contributed by atoms with Crippen molar-refractivity contribution in [2.75, 3.05) is 12.3 Å². The summed E-state index contributed by atoms with van der Waals surface area (Å²) in [5.41, 5.74) is 7.83. The molecule has 0 amide bonds. The predicted octanol–water partition coefficient (Wildman–Crippen LogP) is 0.935. The Morgan fingerprint density at radius 2 is 1.95 bits per heavy atom. The Labute approximate surface area is 113 Å². The molecule has 0 heterocycles. The van der Waals surface area contributed by atoms with Crippen LogP contribution in [0.3, 0.4) is 0 Å². The van der Waals surface area contributed by atoms with E-state index in [0.29, 0.717) is 0 Å². The van der Waals surface area contributed by atoms with Crippen LogP contribution in [-0.4, -0.2) is 26.2 Å². The van der Waals surface area contributed by atoms with Crippen LogP contribution in [0.15, 0.2) is 17.0 Å². The third-order valence-corrected chi connectivity index (χ3v) is 5.04. The molecule has 0 aliphatic heterocycles. The van der Waals surface area contributed by atoms with E-state index in [1.165, 1.54) is 0 Å². The molecule has 106 valence electrons. The zero-order chi connectivity index (χ0) is 14.2. The summed E-state index contributed by atoms with van der Waals surface area (Å²) in [7, 11) is -3.67. The Hall–Kier alpha value is -1.11. The number of aliphatic hydroxyl groups excluding tert-OH is 1. The fourth-order valence-corrected chi connectivity index (χ4v) is 3.21. The highest BCUT2D eigenvalue weighted by atomic mass is 32.2. The Balaban J connectivity index is 2.16. The number of hydrogen-bond acceptors (Lipinski definition) is 4. The maximum absolute atomic E-state index is 12.2. The van der Waals surface area contributed by atoms with Gasteiger partial charge in [-0.1, -0.05) is 0 Å². The smallest absolute Gasteiger partial charge is 0.242 e. The van der Waals surface area contributed by atoms with Gasteiger partial charge in [-0.2, -0.15) is 0 Å². The molecule has 1 unspecified atom stereocenters. The van der Waals surface area contributed by atoms with Gasteiger partial charge in [0, 0.05) is 6.54 Å². The second-order valence-corrected chi connectivity index (χ2v) is 6.97. The summed E-state index contributed by atoms with van der Waals surface area (Å²) >= 11 is 0. The lowest BCUT2D eigenvalue weighted by atomic mass is 10.1. The first kappa shape index (κ1) is 14.3. The molecule has 1 aromatic carbocycles. The molecule has 4 N–H and O–H groups in total. The second kappa shape index (κ2) is 5.11. The Morgan fingerprint density at radius 3 is 2.53 bits per heavy atom. The van der Waals surface area contributed by atoms with Crippen molar-refractivity contribution in [3.63, 3.8) is 0 Å². The summed E-state index contributed by atoms with van der Waals surface area (Å²) in [4.78, 5) is 0.0820. The number of benzene rings is 1. The maximum atomic E-state index is 12.2. The minimum Gasteiger partial charge on any atom is -0.398 e. The summed E-state index contributed by atoms with van der Waals surface area (Å²) in [5, 5.41) is 9.71. The molecule has 5 nitrogen and oxygen atoms in total. The van der Waals surface area contributed by atoms with Crippen LogP contribution in [0, 0.1) is 19.8 Å². The van der Waals surface area contributed by atoms with Crippen molar-refractivity contribution in [1.29, 1.82) is 0 Å². The van der Waals surface area contributed by atoms with Crippen LogP contribution in [0.1, 0.15) is 24.0 Å². The first-order chi connectivity index (χ1) is 8.81. The van der Waals surface area contributed by atoms with Gasteiger partial charge < -0.3 is 10.8 Å². The van der Waals surface area contributed by atoms with Gasteiger partial charge in [0.05, 0.1) is 11.8 Å². The summed E-state index contributed by atoms with van der Waals surface area (Å²) in [6, 6.07) is 3.22. The topological polar surface area (TPSA) is 92.4 Å². The van der Waals surface area contributed by atoms with Crippen LogP contribution < -0.4 is 10.5 Å². The van der Waals surface area contributed by atoms with Crippen LogP contribution in [0.4, 0.5) is 5.69 Å². The highest BCUT2D eigenvalue weighted by Gasteiger charge is 2.30. The van der Waals surface area contributed by atoms with Gasteiger partial charge >= 0.3 is 0 Å². The zero-order valence-corrected chi connectivity index (χ0v) is 12.0. The first-order valence-electron chi connectivity index (χ1n) is 6.35. The van der Waals surface area contributed by atoms with Gasteiger partial charge in [-0.3, -0.25) is 0 Å². The van der Waals surface area contributed by atoms with E-state index in [2.05, 4.69) is 4.72 Å². The molecule has 1 aromatic rings. The van der Waals surface area contributed by atoms with Crippen molar-refractivity contribution in [3.8, 4) is 0 Å². The number of aryl methyl sites for hydroxylation is 2. The quantitative estimate of drug-likeness (QED) is 0.701. The fourth-order valence-electron chi connectivity index (χ4n) is 1.97. The zero-order valence-electron chi connectivity index (χ0n) is 11.2. The lowest BCUT2D eigenvalue weighted by Gasteiger charge is -2.14. The van der Waals surface area contributed by atoms with Crippen molar-refractivity contribution in [1.82, 2.24) is 4.72 Å². The third-order valence-electron chi connectivity index (χ3n) is 3.56. The average Bonchev–Trinajstić information content (AvgIpc) is 3.14. The molecular weight excluding hydrogens is 264 g/mol. The van der Waals surface area contributed by atoms with Gasteiger partial charge in [0.2, 0.25) is 10.0 Å². The lowest BCUT2D eigenvalue weighted by molar-refractivity contribution is 0.155. The van der Waals surface area contributed by atoms with E-state index in [1.807, 2.05) is 13.8 Å². The Bertz CT molecular complexity index is 580. The monoisotopic (exact) mass is 284 g/mol. The van der Waals surface area contributed by atoms with Crippen LogP contribution in [0.25, 0.3) is 0 Å². The molecule has 2 rings (SSSR count). The van der Waals surface area contributed by atoms with Crippen LogP contribution in [0.2, 0.25) is 0 Å². The number of anilines is 1. The molecule has 0 saturated heterocycles. The molecule has 0 radical (unpaired) electrons. The molecule has 0 bridgehead atoms.